The SMILES string of the molecule is Cn1ccnc1Cc1cc(N)ccn1. The summed E-state index contributed by atoms with van der Waals surface area (Å²) < 4.78 is 1.98. The molecule has 0 unspecified atom stereocenters. The van der Waals surface area contributed by atoms with Gasteiger partial charge in [0, 0.05) is 43.4 Å². The van der Waals surface area contributed by atoms with Gasteiger partial charge in [0.25, 0.3) is 0 Å². The Kier molecular flexibility index (Phi) is 2.18. The minimum absolute atomic E-state index is 0.717. The normalized spacial score (nSPS) is 10.4. The molecule has 4 heteroatoms. The quantitative estimate of drug-likeness (QED) is 0.764. The van der Waals surface area contributed by atoms with Crippen LogP contribution in [0.4, 0.5) is 5.69 Å². The standard InChI is InChI=1S/C10H12N4/c1-14-5-4-13-10(14)7-9-6-8(11)2-3-12-9/h2-6H,7H2,1H3,(H2,11,12). The molecule has 0 fully saturated rings. The molecule has 4 nitrogen and oxygen atoms in total. The molecule has 2 aromatic heterocycles. The number of nitrogens with zero attached hydrogens (tertiary/aromatic N) is 3. The molecule has 2 rings (SSSR count). The summed E-state index contributed by atoms with van der Waals surface area (Å²) in [6.45, 7) is 0. The Balaban J connectivity index is 2.23. The molecule has 0 aliphatic heterocycles. The first-order valence-electron chi connectivity index (χ1n) is 4.42. The van der Waals surface area contributed by atoms with Crippen molar-refractivity contribution in [2.45, 2.75) is 6.42 Å². The fraction of sp³-hybridized carbons (Fsp3) is 0.200. The lowest BCUT2D eigenvalue weighted by molar-refractivity contribution is 0.811. The van der Waals surface area contributed by atoms with Crippen LogP contribution in [0.1, 0.15) is 11.5 Å². The Hall–Kier alpha value is -1.84. The van der Waals surface area contributed by atoms with Crippen molar-refractivity contribution in [1.29, 1.82) is 0 Å². The molecular weight excluding hydrogens is 176 g/mol. The van der Waals surface area contributed by atoms with E-state index in [1.807, 2.05) is 23.9 Å². The molecule has 2 aromatic rings. The average molecular weight is 188 g/mol. The van der Waals surface area contributed by atoms with Crippen LogP contribution in [0.15, 0.2) is 30.7 Å². The van der Waals surface area contributed by atoms with Crippen molar-refractivity contribution in [2.75, 3.05) is 5.73 Å². The van der Waals surface area contributed by atoms with Gasteiger partial charge in [0.15, 0.2) is 0 Å². The molecule has 0 bridgehead atoms. The van der Waals surface area contributed by atoms with Crippen molar-refractivity contribution in [2.24, 2.45) is 7.05 Å². The van der Waals surface area contributed by atoms with Gasteiger partial charge in [-0.3, -0.25) is 4.98 Å². The highest BCUT2D eigenvalue weighted by Crippen LogP contribution is 2.07. The molecule has 0 aliphatic carbocycles. The van der Waals surface area contributed by atoms with Crippen LogP contribution in [-0.4, -0.2) is 14.5 Å². The zero-order chi connectivity index (χ0) is 9.97. The molecule has 2 heterocycles. The van der Waals surface area contributed by atoms with E-state index in [-0.39, 0.29) is 0 Å². The molecule has 0 aliphatic rings. The number of imidazole rings is 1. The maximum atomic E-state index is 5.66. The third-order valence-corrected chi connectivity index (χ3v) is 2.10. The fourth-order valence-electron chi connectivity index (χ4n) is 1.32. The lowest BCUT2D eigenvalue weighted by Crippen LogP contribution is -2.00. The zero-order valence-electron chi connectivity index (χ0n) is 8.01. The number of nitrogens with two attached hydrogens (primary N) is 1. The van der Waals surface area contributed by atoms with Gasteiger partial charge < -0.3 is 10.3 Å². The fourth-order valence-corrected chi connectivity index (χ4v) is 1.32. The van der Waals surface area contributed by atoms with E-state index in [2.05, 4.69) is 9.97 Å². The maximum Gasteiger partial charge on any atom is 0.114 e. The molecule has 0 saturated heterocycles. The first-order valence-corrected chi connectivity index (χ1v) is 4.42. The van der Waals surface area contributed by atoms with Gasteiger partial charge in [-0.1, -0.05) is 0 Å². The smallest absolute Gasteiger partial charge is 0.114 e. The number of aromatic nitrogens is 3. The van der Waals surface area contributed by atoms with E-state index in [1.165, 1.54) is 0 Å². The van der Waals surface area contributed by atoms with Crippen molar-refractivity contribution in [3.63, 3.8) is 0 Å². The van der Waals surface area contributed by atoms with Crippen LogP contribution in [-0.2, 0) is 13.5 Å². The monoisotopic (exact) mass is 188 g/mol. The molecule has 2 N–H and O–H groups in total. The van der Waals surface area contributed by atoms with E-state index in [0.29, 0.717) is 6.42 Å². The summed E-state index contributed by atoms with van der Waals surface area (Å²) in [5, 5.41) is 0. The van der Waals surface area contributed by atoms with Gasteiger partial charge in [0.1, 0.15) is 5.82 Å². The predicted molar refractivity (Wildman–Crippen MR) is 54.7 cm³/mol. The highest BCUT2D eigenvalue weighted by atomic mass is 15.0. The predicted octanol–water partition coefficient (Wildman–Crippen LogP) is 0.988. The highest BCUT2D eigenvalue weighted by molar-refractivity contribution is 5.37. The van der Waals surface area contributed by atoms with Crippen molar-refractivity contribution < 1.29 is 0 Å². The van der Waals surface area contributed by atoms with Crippen molar-refractivity contribution in [3.8, 4) is 0 Å². The van der Waals surface area contributed by atoms with Gasteiger partial charge in [0.2, 0.25) is 0 Å². The third kappa shape index (κ3) is 1.74. The summed E-state index contributed by atoms with van der Waals surface area (Å²) in [6.07, 6.45) is 6.13. The van der Waals surface area contributed by atoms with Crippen molar-refractivity contribution in [3.05, 3.63) is 42.2 Å². The van der Waals surface area contributed by atoms with Gasteiger partial charge >= 0.3 is 0 Å². The van der Waals surface area contributed by atoms with E-state index < -0.39 is 0 Å². The van der Waals surface area contributed by atoms with Gasteiger partial charge in [-0.15, -0.1) is 0 Å². The Bertz CT molecular complexity index is 433. The molecule has 0 aromatic carbocycles. The second kappa shape index (κ2) is 3.49. The molecule has 0 atom stereocenters. The lowest BCUT2D eigenvalue weighted by Gasteiger charge is -2.01. The minimum atomic E-state index is 0.717. The topological polar surface area (TPSA) is 56.7 Å². The van der Waals surface area contributed by atoms with Crippen LogP contribution in [0.3, 0.4) is 0 Å². The molecule has 0 spiro atoms. The number of hydrogen-bond acceptors (Lipinski definition) is 3. The van der Waals surface area contributed by atoms with Crippen molar-refractivity contribution in [1.82, 2.24) is 14.5 Å². The first-order chi connectivity index (χ1) is 6.75. The minimum Gasteiger partial charge on any atom is -0.399 e. The largest absolute Gasteiger partial charge is 0.399 e. The number of aryl methyl sites for hydroxylation is 1. The van der Waals surface area contributed by atoms with Crippen LogP contribution in [0.2, 0.25) is 0 Å². The molecule has 0 radical (unpaired) electrons. The van der Waals surface area contributed by atoms with Crippen LogP contribution in [0.25, 0.3) is 0 Å². The third-order valence-electron chi connectivity index (χ3n) is 2.10. The summed E-state index contributed by atoms with van der Waals surface area (Å²) in [6, 6.07) is 3.65. The number of nitrogen functional groups attached to an aromatic ring is 1. The lowest BCUT2D eigenvalue weighted by atomic mass is 10.2. The van der Waals surface area contributed by atoms with Crippen molar-refractivity contribution >= 4 is 5.69 Å². The summed E-state index contributed by atoms with van der Waals surface area (Å²) in [7, 11) is 1.97. The Labute approximate surface area is 82.4 Å². The van der Waals surface area contributed by atoms with Gasteiger partial charge in [-0.25, -0.2) is 4.98 Å². The van der Waals surface area contributed by atoms with E-state index >= 15 is 0 Å². The average Bonchev–Trinajstić information content (AvgIpc) is 2.52. The van der Waals surface area contributed by atoms with E-state index in [9.17, 15) is 0 Å². The summed E-state index contributed by atoms with van der Waals surface area (Å²) in [5.74, 6) is 0.989. The summed E-state index contributed by atoms with van der Waals surface area (Å²) in [5.41, 5.74) is 7.34. The Morgan fingerprint density at radius 1 is 1.36 bits per heavy atom. The maximum absolute atomic E-state index is 5.66. The molecule has 0 amide bonds. The Morgan fingerprint density at radius 3 is 2.86 bits per heavy atom. The van der Waals surface area contributed by atoms with E-state index in [4.69, 9.17) is 5.73 Å². The number of anilines is 1. The van der Waals surface area contributed by atoms with Crippen LogP contribution in [0, 0.1) is 0 Å². The number of hydrogen-bond donors (Lipinski definition) is 1. The first kappa shape index (κ1) is 8.74. The summed E-state index contributed by atoms with van der Waals surface area (Å²) >= 11 is 0. The van der Waals surface area contributed by atoms with Crippen LogP contribution >= 0.6 is 0 Å². The van der Waals surface area contributed by atoms with Gasteiger partial charge in [-0.2, -0.15) is 0 Å². The second-order valence-corrected chi connectivity index (χ2v) is 3.21. The Morgan fingerprint density at radius 2 is 2.21 bits per heavy atom. The van der Waals surface area contributed by atoms with Crippen LogP contribution < -0.4 is 5.73 Å². The summed E-state index contributed by atoms with van der Waals surface area (Å²) in [4.78, 5) is 8.45. The molecule has 14 heavy (non-hydrogen) atoms. The van der Waals surface area contributed by atoms with Gasteiger partial charge in [0.05, 0.1) is 0 Å². The van der Waals surface area contributed by atoms with Crippen LogP contribution in [0.5, 0.6) is 0 Å². The van der Waals surface area contributed by atoms with E-state index in [0.717, 1.165) is 17.2 Å². The van der Waals surface area contributed by atoms with E-state index in [1.54, 1.807) is 18.5 Å². The number of pyridine rings is 1. The van der Waals surface area contributed by atoms with Gasteiger partial charge in [-0.05, 0) is 12.1 Å². The zero-order valence-corrected chi connectivity index (χ0v) is 8.01. The molecule has 0 saturated carbocycles. The molecule has 72 valence electrons. The number of rotatable bonds is 2. The molecular formula is C10H12N4. The highest BCUT2D eigenvalue weighted by Gasteiger charge is 2.02. The second-order valence-electron chi connectivity index (χ2n) is 3.21.